The second-order valence-electron chi connectivity index (χ2n) is 12.7. The molecule has 11 aromatic rings. The second kappa shape index (κ2) is 9.96. The van der Waals surface area contributed by atoms with Crippen molar-refractivity contribution in [2.24, 2.45) is 0 Å². The SMILES string of the molecule is c1ccc(-c2oc3ccccc3c2-c2c3ccccc3c(-c3cccc4c3oc3c4ccc4c5ccccc5oc43)c3ccccc23)cc1. The first kappa shape index (κ1) is 26.5. The van der Waals surface area contributed by atoms with Crippen LogP contribution in [0.15, 0.2) is 171 Å². The van der Waals surface area contributed by atoms with Crippen molar-refractivity contribution in [1.29, 1.82) is 0 Å². The summed E-state index contributed by atoms with van der Waals surface area (Å²) in [7, 11) is 0. The number of furan rings is 3. The second-order valence-corrected chi connectivity index (χ2v) is 12.7. The van der Waals surface area contributed by atoms with Crippen LogP contribution in [0.5, 0.6) is 0 Å². The van der Waals surface area contributed by atoms with Crippen molar-refractivity contribution < 1.29 is 13.3 Å². The predicted octanol–water partition coefficient (Wildman–Crippen LogP) is 13.5. The van der Waals surface area contributed by atoms with Crippen LogP contribution in [0, 0.1) is 0 Å². The first-order valence-corrected chi connectivity index (χ1v) is 16.6. The lowest BCUT2D eigenvalue weighted by molar-refractivity contribution is 0.632. The Hall–Kier alpha value is -6.58. The van der Waals surface area contributed by atoms with Gasteiger partial charge in [0.2, 0.25) is 0 Å². The number of benzene rings is 8. The molecule has 228 valence electrons. The number of para-hydroxylation sites is 3. The molecule has 0 unspecified atom stereocenters. The molecule has 49 heavy (non-hydrogen) atoms. The van der Waals surface area contributed by atoms with E-state index in [0.29, 0.717) is 0 Å². The molecule has 0 amide bonds. The normalized spacial score (nSPS) is 12.1. The van der Waals surface area contributed by atoms with Crippen molar-refractivity contribution in [1.82, 2.24) is 0 Å². The van der Waals surface area contributed by atoms with Gasteiger partial charge in [-0.05, 0) is 45.8 Å². The van der Waals surface area contributed by atoms with Gasteiger partial charge < -0.3 is 13.3 Å². The number of hydrogen-bond acceptors (Lipinski definition) is 3. The molecule has 0 aliphatic rings. The van der Waals surface area contributed by atoms with Crippen LogP contribution in [0.4, 0.5) is 0 Å². The third-order valence-corrected chi connectivity index (χ3v) is 10.1. The van der Waals surface area contributed by atoms with Gasteiger partial charge in [-0.25, -0.2) is 0 Å². The van der Waals surface area contributed by atoms with Gasteiger partial charge in [-0.3, -0.25) is 0 Å². The van der Waals surface area contributed by atoms with E-state index in [1.807, 2.05) is 30.3 Å². The molecule has 3 heteroatoms. The van der Waals surface area contributed by atoms with E-state index in [-0.39, 0.29) is 0 Å². The lowest BCUT2D eigenvalue weighted by Crippen LogP contribution is -1.92. The van der Waals surface area contributed by atoms with Gasteiger partial charge in [0.05, 0.1) is 0 Å². The summed E-state index contributed by atoms with van der Waals surface area (Å²) in [5, 5.41) is 9.99. The third-order valence-electron chi connectivity index (χ3n) is 10.1. The standard InChI is InChI=1S/C46H26O3/c1-2-13-27(14-3-1)43-42(36-20-9-11-24-39(36)47-43)41-31-18-6-4-16-29(31)40(30-17-5-7-19-32(30)41)37-22-12-21-33-35-26-25-34-28-15-8-10-23-38(28)48-45(34)46(35)49-44(33)37/h1-26H. The summed E-state index contributed by atoms with van der Waals surface area (Å²) in [5.41, 5.74) is 9.67. The Morgan fingerprint density at radius 1 is 0.265 bits per heavy atom. The molecule has 0 atom stereocenters. The van der Waals surface area contributed by atoms with Crippen molar-refractivity contribution in [2.45, 2.75) is 0 Å². The first-order valence-electron chi connectivity index (χ1n) is 16.6. The van der Waals surface area contributed by atoms with Gasteiger partial charge in [-0.15, -0.1) is 0 Å². The molecule has 0 radical (unpaired) electrons. The Balaban J connectivity index is 1.27. The zero-order valence-electron chi connectivity index (χ0n) is 26.2. The monoisotopic (exact) mass is 626 g/mol. The highest BCUT2D eigenvalue weighted by Crippen LogP contribution is 2.51. The summed E-state index contributed by atoms with van der Waals surface area (Å²) in [6, 6.07) is 55.3. The van der Waals surface area contributed by atoms with Gasteiger partial charge in [0.1, 0.15) is 22.5 Å². The minimum Gasteiger partial charge on any atom is -0.455 e. The fraction of sp³-hybridized carbons (Fsp3) is 0. The summed E-state index contributed by atoms with van der Waals surface area (Å²) in [6.07, 6.45) is 0. The molecule has 3 heterocycles. The molecule has 0 spiro atoms. The molecule has 0 bridgehead atoms. The first-order chi connectivity index (χ1) is 24.3. The molecule has 3 aromatic heterocycles. The van der Waals surface area contributed by atoms with Gasteiger partial charge in [0.25, 0.3) is 0 Å². The maximum Gasteiger partial charge on any atom is 0.178 e. The van der Waals surface area contributed by atoms with Gasteiger partial charge in [-0.1, -0.05) is 133 Å². The van der Waals surface area contributed by atoms with E-state index in [1.54, 1.807) is 0 Å². The summed E-state index contributed by atoms with van der Waals surface area (Å²) in [6.45, 7) is 0. The molecule has 3 nitrogen and oxygen atoms in total. The lowest BCUT2D eigenvalue weighted by Gasteiger charge is -2.18. The van der Waals surface area contributed by atoms with Crippen LogP contribution in [0.3, 0.4) is 0 Å². The molecule has 8 aromatic carbocycles. The zero-order valence-corrected chi connectivity index (χ0v) is 26.2. The van der Waals surface area contributed by atoms with E-state index >= 15 is 0 Å². The van der Waals surface area contributed by atoms with Crippen LogP contribution in [0.1, 0.15) is 0 Å². The third kappa shape index (κ3) is 3.67. The average molecular weight is 627 g/mol. The van der Waals surface area contributed by atoms with E-state index < -0.39 is 0 Å². The Morgan fingerprint density at radius 2 is 0.755 bits per heavy atom. The Labute approximate surface area is 280 Å². The van der Waals surface area contributed by atoms with Crippen LogP contribution >= 0.6 is 0 Å². The lowest BCUT2D eigenvalue weighted by atomic mass is 9.84. The number of rotatable bonds is 3. The predicted molar refractivity (Wildman–Crippen MR) is 202 cm³/mol. The molecule has 11 rings (SSSR count). The van der Waals surface area contributed by atoms with E-state index in [1.165, 1.54) is 5.56 Å². The molecular formula is C46H26O3. The maximum atomic E-state index is 6.91. The topological polar surface area (TPSA) is 39.4 Å². The van der Waals surface area contributed by atoms with Crippen LogP contribution in [0.2, 0.25) is 0 Å². The highest BCUT2D eigenvalue weighted by atomic mass is 16.4. The summed E-state index contributed by atoms with van der Waals surface area (Å²) >= 11 is 0. The largest absolute Gasteiger partial charge is 0.455 e. The van der Waals surface area contributed by atoms with Crippen LogP contribution in [-0.4, -0.2) is 0 Å². The Morgan fingerprint density at radius 3 is 1.45 bits per heavy atom. The van der Waals surface area contributed by atoms with Crippen molar-refractivity contribution in [3.05, 3.63) is 158 Å². The molecule has 0 saturated carbocycles. The van der Waals surface area contributed by atoms with Crippen LogP contribution in [0.25, 0.3) is 110 Å². The smallest absolute Gasteiger partial charge is 0.178 e. The molecule has 0 N–H and O–H groups in total. The van der Waals surface area contributed by atoms with Crippen LogP contribution < -0.4 is 0 Å². The number of fused-ring (bicyclic) bond motifs is 10. The van der Waals surface area contributed by atoms with Crippen LogP contribution in [-0.2, 0) is 0 Å². The van der Waals surface area contributed by atoms with Crippen molar-refractivity contribution in [2.75, 3.05) is 0 Å². The van der Waals surface area contributed by atoms with Crippen molar-refractivity contribution in [3.8, 4) is 33.6 Å². The molecule has 0 aliphatic heterocycles. The van der Waals surface area contributed by atoms with Crippen molar-refractivity contribution >= 4 is 76.4 Å². The molecular weight excluding hydrogens is 601 g/mol. The van der Waals surface area contributed by atoms with Gasteiger partial charge >= 0.3 is 0 Å². The Kier molecular flexibility index (Phi) is 5.38. The quantitative estimate of drug-likeness (QED) is 0.183. The molecule has 0 aliphatic carbocycles. The summed E-state index contributed by atoms with van der Waals surface area (Å²) in [5.74, 6) is 0.874. The highest BCUT2D eigenvalue weighted by molar-refractivity contribution is 6.27. The van der Waals surface area contributed by atoms with Gasteiger partial charge in [0.15, 0.2) is 11.2 Å². The van der Waals surface area contributed by atoms with E-state index in [4.69, 9.17) is 13.3 Å². The fourth-order valence-corrected chi connectivity index (χ4v) is 8.01. The minimum atomic E-state index is 0.777. The Bertz CT molecular complexity index is 3040. The van der Waals surface area contributed by atoms with E-state index in [9.17, 15) is 0 Å². The molecule has 0 fully saturated rings. The fourth-order valence-electron chi connectivity index (χ4n) is 8.01. The number of hydrogen-bond donors (Lipinski definition) is 0. The maximum absolute atomic E-state index is 6.91. The van der Waals surface area contributed by atoms with Gasteiger partial charge in [-0.2, -0.15) is 0 Å². The summed E-state index contributed by atoms with van der Waals surface area (Å²) in [4.78, 5) is 0. The van der Waals surface area contributed by atoms with E-state index in [0.717, 1.165) is 104 Å². The van der Waals surface area contributed by atoms with Crippen molar-refractivity contribution in [3.63, 3.8) is 0 Å². The zero-order chi connectivity index (χ0) is 32.1. The van der Waals surface area contributed by atoms with E-state index in [2.05, 4.69) is 127 Å². The minimum absolute atomic E-state index is 0.777. The molecule has 0 saturated heterocycles. The average Bonchev–Trinajstić information content (AvgIpc) is 3.86. The highest BCUT2D eigenvalue weighted by Gasteiger charge is 2.25. The van der Waals surface area contributed by atoms with Gasteiger partial charge in [0, 0.05) is 54.7 Å². The summed E-state index contributed by atoms with van der Waals surface area (Å²) < 4.78 is 20.0.